The van der Waals surface area contributed by atoms with E-state index in [-0.39, 0.29) is 11.5 Å². The summed E-state index contributed by atoms with van der Waals surface area (Å²) in [6.07, 6.45) is 1.89. The molecule has 0 aliphatic carbocycles. The molecule has 26 heavy (non-hydrogen) atoms. The summed E-state index contributed by atoms with van der Waals surface area (Å²) in [4.78, 5) is 12.9. The molecule has 2 aromatic carbocycles. The molecule has 0 aliphatic heterocycles. The van der Waals surface area contributed by atoms with Gasteiger partial charge in [0.1, 0.15) is 5.75 Å². The lowest BCUT2D eigenvalue weighted by atomic mass is 10.0. The second kappa shape index (κ2) is 7.78. The third-order valence-corrected chi connectivity index (χ3v) is 5.47. The molecule has 0 radical (unpaired) electrons. The van der Waals surface area contributed by atoms with Gasteiger partial charge in [0.2, 0.25) is 10.0 Å². The number of hydrogen-bond acceptors (Lipinski definition) is 4. The molecule has 1 N–H and O–H groups in total. The number of rotatable bonds is 6. The molecular weight excluding hydrogens is 352 g/mol. The van der Waals surface area contributed by atoms with Gasteiger partial charge in [0, 0.05) is 12.7 Å². The standard InChI is InChI=1S/C19H24N2O4S/c1-6-14-9-7-8-13(2)18(14)20-19(22)16-12-15(10-11-17(16)25-4)21(3)26(5,23)24/h7-12H,6H2,1-5H3,(H,20,22). The quantitative estimate of drug-likeness (QED) is 0.840. The molecule has 0 aliphatic rings. The number of hydrogen-bond donors (Lipinski definition) is 1. The highest BCUT2D eigenvalue weighted by Gasteiger charge is 2.19. The van der Waals surface area contributed by atoms with Crippen molar-refractivity contribution in [2.24, 2.45) is 0 Å². The van der Waals surface area contributed by atoms with Crippen molar-refractivity contribution in [3.05, 3.63) is 53.1 Å². The summed E-state index contributed by atoms with van der Waals surface area (Å²) < 4.78 is 30.0. The van der Waals surface area contributed by atoms with Crippen LogP contribution in [0.1, 0.15) is 28.4 Å². The van der Waals surface area contributed by atoms with E-state index >= 15 is 0 Å². The van der Waals surface area contributed by atoms with Gasteiger partial charge in [-0.2, -0.15) is 0 Å². The van der Waals surface area contributed by atoms with Crippen molar-refractivity contribution in [3.63, 3.8) is 0 Å². The van der Waals surface area contributed by atoms with Crippen LogP contribution < -0.4 is 14.4 Å². The fraction of sp³-hybridized carbons (Fsp3) is 0.316. The van der Waals surface area contributed by atoms with Crippen molar-refractivity contribution in [3.8, 4) is 5.75 Å². The van der Waals surface area contributed by atoms with E-state index in [0.29, 0.717) is 11.4 Å². The summed E-state index contributed by atoms with van der Waals surface area (Å²) in [5.74, 6) is 0.0226. The Hall–Kier alpha value is -2.54. The average molecular weight is 376 g/mol. The Morgan fingerprint density at radius 3 is 2.50 bits per heavy atom. The Balaban J connectivity index is 2.45. The maximum absolute atomic E-state index is 12.9. The number of methoxy groups -OCH3 is 1. The molecule has 0 atom stereocenters. The second-order valence-corrected chi connectivity index (χ2v) is 8.05. The highest BCUT2D eigenvalue weighted by atomic mass is 32.2. The molecule has 0 saturated carbocycles. The minimum Gasteiger partial charge on any atom is -0.496 e. The number of ether oxygens (including phenoxy) is 1. The SMILES string of the molecule is CCc1cccc(C)c1NC(=O)c1cc(N(C)S(C)(=O)=O)ccc1OC. The highest BCUT2D eigenvalue weighted by Crippen LogP contribution is 2.28. The lowest BCUT2D eigenvalue weighted by Gasteiger charge is -2.19. The van der Waals surface area contributed by atoms with Crippen molar-refractivity contribution in [2.45, 2.75) is 20.3 Å². The van der Waals surface area contributed by atoms with Gasteiger partial charge >= 0.3 is 0 Å². The van der Waals surface area contributed by atoms with Crippen molar-refractivity contribution >= 4 is 27.3 Å². The molecule has 0 bridgehead atoms. The number of nitrogens with one attached hydrogen (secondary N) is 1. The molecule has 0 unspecified atom stereocenters. The largest absolute Gasteiger partial charge is 0.496 e. The smallest absolute Gasteiger partial charge is 0.259 e. The molecule has 7 heteroatoms. The van der Waals surface area contributed by atoms with Gasteiger partial charge in [-0.05, 0) is 42.7 Å². The monoisotopic (exact) mass is 376 g/mol. The molecule has 0 aromatic heterocycles. The van der Waals surface area contributed by atoms with Crippen LogP contribution >= 0.6 is 0 Å². The van der Waals surface area contributed by atoms with Crippen LogP contribution in [0.15, 0.2) is 36.4 Å². The van der Waals surface area contributed by atoms with Gasteiger partial charge in [-0.1, -0.05) is 25.1 Å². The summed E-state index contributed by atoms with van der Waals surface area (Å²) in [7, 11) is -0.524. The van der Waals surface area contributed by atoms with Crippen molar-refractivity contribution in [1.29, 1.82) is 0 Å². The van der Waals surface area contributed by atoms with E-state index in [1.165, 1.54) is 20.2 Å². The second-order valence-electron chi connectivity index (χ2n) is 6.03. The predicted octanol–water partition coefficient (Wildman–Crippen LogP) is 3.21. The number of para-hydroxylation sites is 1. The molecule has 0 fully saturated rings. The average Bonchev–Trinajstić information content (AvgIpc) is 2.61. The molecule has 1 amide bonds. The van der Waals surface area contributed by atoms with Gasteiger partial charge in [-0.15, -0.1) is 0 Å². The fourth-order valence-electron chi connectivity index (χ4n) is 2.64. The zero-order chi connectivity index (χ0) is 19.5. The van der Waals surface area contributed by atoms with Crippen LogP contribution in [0.5, 0.6) is 5.75 Å². The van der Waals surface area contributed by atoms with Gasteiger partial charge in [0.05, 0.1) is 24.6 Å². The molecule has 0 saturated heterocycles. The molecule has 2 rings (SSSR count). The number of carbonyl (C=O) groups excluding carboxylic acids is 1. The third kappa shape index (κ3) is 4.16. The first-order chi connectivity index (χ1) is 12.2. The van der Waals surface area contributed by atoms with Crippen LogP contribution in [0.2, 0.25) is 0 Å². The van der Waals surface area contributed by atoms with Crippen molar-refractivity contribution in [2.75, 3.05) is 30.0 Å². The van der Waals surface area contributed by atoms with Crippen LogP contribution in [0.4, 0.5) is 11.4 Å². The van der Waals surface area contributed by atoms with Crippen molar-refractivity contribution in [1.82, 2.24) is 0 Å². The molecule has 0 heterocycles. The minimum atomic E-state index is -3.43. The maximum Gasteiger partial charge on any atom is 0.259 e. The normalized spacial score (nSPS) is 11.1. The first-order valence-electron chi connectivity index (χ1n) is 8.20. The van der Waals surface area contributed by atoms with E-state index < -0.39 is 10.0 Å². The Labute approximate surface area is 154 Å². The zero-order valence-electron chi connectivity index (χ0n) is 15.7. The number of nitrogens with zero attached hydrogens (tertiary/aromatic N) is 1. The van der Waals surface area contributed by atoms with Crippen LogP contribution in [-0.4, -0.2) is 34.7 Å². The summed E-state index contributed by atoms with van der Waals surface area (Å²) in [5.41, 5.74) is 3.41. The first-order valence-corrected chi connectivity index (χ1v) is 10.1. The van der Waals surface area contributed by atoms with E-state index in [4.69, 9.17) is 4.74 Å². The van der Waals surface area contributed by atoms with Gasteiger partial charge in [0.25, 0.3) is 5.91 Å². The number of benzene rings is 2. The first kappa shape index (κ1) is 19.8. The number of sulfonamides is 1. The fourth-order valence-corrected chi connectivity index (χ4v) is 3.14. The Morgan fingerprint density at radius 1 is 1.23 bits per heavy atom. The number of carbonyl (C=O) groups is 1. The molecule has 2 aromatic rings. The Morgan fingerprint density at radius 2 is 1.92 bits per heavy atom. The van der Waals surface area contributed by atoms with Crippen LogP contribution in [-0.2, 0) is 16.4 Å². The molecule has 6 nitrogen and oxygen atoms in total. The van der Waals surface area contributed by atoms with Crippen LogP contribution in [0.3, 0.4) is 0 Å². The van der Waals surface area contributed by atoms with Gasteiger partial charge in [0.15, 0.2) is 0 Å². The molecule has 140 valence electrons. The van der Waals surface area contributed by atoms with Gasteiger partial charge in [-0.25, -0.2) is 8.42 Å². The summed E-state index contributed by atoms with van der Waals surface area (Å²) in [6, 6.07) is 10.5. The Bertz CT molecular complexity index is 923. The Kier molecular flexibility index (Phi) is 5.92. The zero-order valence-corrected chi connectivity index (χ0v) is 16.5. The number of aryl methyl sites for hydroxylation is 2. The lowest BCUT2D eigenvalue weighted by Crippen LogP contribution is -2.25. The molecule has 0 spiro atoms. The number of amides is 1. The van der Waals surface area contributed by atoms with E-state index in [2.05, 4.69) is 5.32 Å². The summed E-state index contributed by atoms with van der Waals surface area (Å²) in [6.45, 7) is 3.95. The third-order valence-electron chi connectivity index (χ3n) is 4.27. The highest BCUT2D eigenvalue weighted by molar-refractivity contribution is 7.92. The molecular formula is C19H24N2O4S. The summed E-state index contributed by atoms with van der Waals surface area (Å²) >= 11 is 0. The maximum atomic E-state index is 12.9. The lowest BCUT2D eigenvalue weighted by molar-refractivity contribution is 0.102. The van der Waals surface area contributed by atoms with E-state index in [1.807, 2.05) is 32.0 Å². The van der Waals surface area contributed by atoms with Crippen LogP contribution in [0.25, 0.3) is 0 Å². The number of anilines is 2. The predicted molar refractivity (Wildman–Crippen MR) is 105 cm³/mol. The van der Waals surface area contributed by atoms with Gasteiger partial charge < -0.3 is 10.1 Å². The van der Waals surface area contributed by atoms with E-state index in [0.717, 1.165) is 33.8 Å². The summed E-state index contributed by atoms with van der Waals surface area (Å²) in [5, 5.41) is 2.94. The van der Waals surface area contributed by atoms with E-state index in [9.17, 15) is 13.2 Å². The van der Waals surface area contributed by atoms with Crippen molar-refractivity contribution < 1.29 is 17.9 Å². The van der Waals surface area contributed by atoms with E-state index in [1.54, 1.807) is 12.1 Å². The minimum absolute atomic E-state index is 0.269. The van der Waals surface area contributed by atoms with Gasteiger partial charge in [-0.3, -0.25) is 9.10 Å². The topological polar surface area (TPSA) is 75.7 Å². The van der Waals surface area contributed by atoms with Crippen LogP contribution in [0, 0.1) is 6.92 Å².